The average molecular weight is 1340 g/mol. The zero-order valence-electron chi connectivity index (χ0n) is 58.0. The van der Waals surface area contributed by atoms with E-state index in [1.807, 2.05) is 0 Å². The summed E-state index contributed by atoms with van der Waals surface area (Å²) in [5.74, 6) is 0. The van der Waals surface area contributed by atoms with Crippen molar-refractivity contribution in [3.63, 3.8) is 0 Å². The third-order valence-electron chi connectivity index (χ3n) is 23.0. The zero-order valence-corrected chi connectivity index (χ0v) is 59.0. The molecule has 0 amide bonds. The molecule has 0 atom stereocenters. The van der Waals surface area contributed by atoms with Crippen LogP contribution in [0.1, 0.15) is 16.7 Å². The second kappa shape index (κ2) is 23.4. The van der Waals surface area contributed by atoms with Crippen LogP contribution in [0.15, 0.2) is 358 Å². The van der Waals surface area contributed by atoms with Crippen molar-refractivity contribution >= 4 is 176 Å². The molecule has 0 N–H and O–H groups in total. The molecule has 0 spiro atoms. The van der Waals surface area contributed by atoms with E-state index in [0.29, 0.717) is 0 Å². The Hall–Kier alpha value is -12.7. The second-order valence-corrected chi connectivity index (χ2v) is 32.6. The van der Waals surface area contributed by atoms with Crippen LogP contribution in [0.3, 0.4) is 0 Å². The highest BCUT2D eigenvalue weighted by Gasteiger charge is 2.49. The lowest BCUT2D eigenvalue weighted by Crippen LogP contribution is -2.75. The van der Waals surface area contributed by atoms with E-state index in [9.17, 15) is 0 Å². The van der Waals surface area contributed by atoms with Crippen molar-refractivity contribution < 1.29 is 0 Å². The Bertz CT molecular complexity index is 6090. The van der Waals surface area contributed by atoms with Crippen LogP contribution in [0.4, 0.5) is 68.2 Å². The first kappa shape index (κ1) is 60.1. The van der Waals surface area contributed by atoms with E-state index in [1.165, 1.54) is 148 Å². The van der Waals surface area contributed by atoms with Gasteiger partial charge in [-0.1, -0.05) is 260 Å². The van der Waals surface area contributed by atoms with Crippen LogP contribution in [-0.4, -0.2) is 21.5 Å². The minimum Gasteiger partial charge on any atom is -0.311 e. The first-order valence-corrected chi connectivity index (χ1v) is 38.5. The number of fused-ring (bicyclic) bond motifs is 8. The molecular weight excluding hydrogens is 1270 g/mol. The summed E-state index contributed by atoms with van der Waals surface area (Å²) < 4.78 is 0. The molecule has 4 aliphatic rings. The van der Waals surface area contributed by atoms with Crippen LogP contribution in [0, 0.1) is 20.8 Å². The molecule has 4 heterocycles. The Morgan fingerprint density at radius 3 is 1.12 bits per heavy atom. The third-order valence-corrected chi connectivity index (χ3v) is 27.8. The second-order valence-electron chi connectivity index (χ2n) is 28.8. The molecule has 486 valence electrons. The summed E-state index contributed by atoms with van der Waals surface area (Å²) in [6.45, 7) is 6.70. The molecule has 0 fully saturated rings. The van der Waals surface area contributed by atoms with Crippen molar-refractivity contribution in [1.29, 1.82) is 0 Å². The van der Waals surface area contributed by atoms with E-state index in [-0.39, 0.29) is 13.4 Å². The summed E-state index contributed by atoms with van der Waals surface area (Å²) in [6, 6.07) is 137. The van der Waals surface area contributed by atoms with Gasteiger partial charge in [0.25, 0.3) is 0 Å². The Labute approximate surface area is 608 Å². The highest BCUT2D eigenvalue weighted by molar-refractivity contribution is 7.21. The molecule has 104 heavy (non-hydrogen) atoms. The maximum Gasteiger partial charge on any atom is 0.248 e. The van der Waals surface area contributed by atoms with Gasteiger partial charge in [-0.15, -0.1) is 0 Å². The number of benzene rings is 17. The van der Waals surface area contributed by atoms with Crippen molar-refractivity contribution in [2.45, 2.75) is 20.8 Å². The molecule has 0 saturated heterocycles. The third kappa shape index (κ3) is 8.81. The molecule has 0 aliphatic carbocycles. The average Bonchev–Trinajstić information content (AvgIpc) is 0.665. The van der Waals surface area contributed by atoms with Gasteiger partial charge in [0.15, 0.2) is 8.07 Å². The Kier molecular flexibility index (Phi) is 13.6. The topological polar surface area (TPSA) is 13.0 Å². The Balaban J connectivity index is 0.956. The van der Waals surface area contributed by atoms with Gasteiger partial charge in [-0.05, 0) is 244 Å². The Morgan fingerprint density at radius 2 is 0.635 bits per heavy atom. The van der Waals surface area contributed by atoms with Gasteiger partial charge < -0.3 is 19.6 Å². The largest absolute Gasteiger partial charge is 0.311 e. The standard InChI is InChI=1S/C97H68B2N4Si/c1-63-49-51-83-87(54-63)102(70-39-21-8-22-40-70)90-59-73(101(68-35-17-6-18-36-68)69-37-19-7-20-38-69)57-81-79-62-91(104(74-43-25-10-26-44-74,75-45-27-11-28-46-75)76-47-29-12-30-48-76)82-61-86-92-78(56-65(3)77-60-85(98(83)97(81)90)93(79)95(82)94(77)92)80-53-64(2)55-89-96(80)99(86)84-52-50-72(58-88(84)103(89)71-41-23-9-24-42-71)100(66-31-13-4-14-32-66)67-33-15-5-16-34-67/h4-62H,1-3H3. The van der Waals surface area contributed by atoms with Crippen molar-refractivity contribution in [2.75, 3.05) is 19.6 Å². The van der Waals surface area contributed by atoms with E-state index in [2.05, 4.69) is 398 Å². The smallest absolute Gasteiger partial charge is 0.248 e. The fourth-order valence-electron chi connectivity index (χ4n) is 18.9. The highest BCUT2D eigenvalue weighted by atomic mass is 28.3. The molecule has 17 aromatic carbocycles. The Morgan fingerprint density at radius 1 is 0.260 bits per heavy atom. The molecule has 0 saturated carbocycles. The van der Waals surface area contributed by atoms with Gasteiger partial charge in [0.05, 0.1) is 0 Å². The number of hydrogen-bond donors (Lipinski definition) is 0. The van der Waals surface area contributed by atoms with Crippen molar-refractivity contribution in [3.8, 4) is 22.3 Å². The number of rotatable bonds is 12. The van der Waals surface area contributed by atoms with Crippen LogP contribution in [0.2, 0.25) is 0 Å². The van der Waals surface area contributed by atoms with Crippen molar-refractivity contribution in [2.24, 2.45) is 0 Å². The predicted molar refractivity (Wildman–Crippen MR) is 447 cm³/mol. The number of aryl methyl sites for hydroxylation is 3. The van der Waals surface area contributed by atoms with Gasteiger partial charge in [0.2, 0.25) is 13.4 Å². The van der Waals surface area contributed by atoms with Gasteiger partial charge in [-0.3, -0.25) is 0 Å². The van der Waals surface area contributed by atoms with Crippen LogP contribution >= 0.6 is 0 Å². The predicted octanol–water partition coefficient (Wildman–Crippen LogP) is 18.4. The quantitative estimate of drug-likeness (QED) is 0.0687. The molecule has 4 nitrogen and oxygen atoms in total. The van der Waals surface area contributed by atoms with E-state index in [0.717, 1.165) is 45.5 Å². The molecule has 0 unspecified atom stereocenters. The van der Waals surface area contributed by atoms with Gasteiger partial charge in [-0.25, -0.2) is 0 Å². The van der Waals surface area contributed by atoms with E-state index >= 15 is 0 Å². The van der Waals surface area contributed by atoms with Crippen LogP contribution < -0.4 is 73.1 Å². The maximum atomic E-state index is 2.77. The lowest BCUT2D eigenvalue weighted by atomic mass is 9.31. The van der Waals surface area contributed by atoms with Gasteiger partial charge in [0, 0.05) is 68.2 Å². The normalized spacial score (nSPS) is 12.9. The lowest BCUT2D eigenvalue weighted by Gasteiger charge is -2.44. The van der Waals surface area contributed by atoms with Gasteiger partial charge in [0.1, 0.15) is 0 Å². The number of nitrogens with zero attached hydrogens (tertiary/aromatic N) is 4. The summed E-state index contributed by atoms with van der Waals surface area (Å²) in [7, 11) is -3.45. The minimum absolute atomic E-state index is 0.122. The number of para-hydroxylation sites is 6. The van der Waals surface area contributed by atoms with Crippen LogP contribution in [-0.2, 0) is 0 Å². The highest BCUT2D eigenvalue weighted by Crippen LogP contribution is 2.52. The molecule has 0 radical (unpaired) electrons. The summed E-state index contributed by atoms with van der Waals surface area (Å²) >= 11 is 0. The summed E-state index contributed by atoms with van der Waals surface area (Å²) in [6.07, 6.45) is 0. The number of hydrogen-bond acceptors (Lipinski definition) is 4. The van der Waals surface area contributed by atoms with E-state index in [4.69, 9.17) is 0 Å². The molecular formula is C97H68B2N4Si. The van der Waals surface area contributed by atoms with Crippen LogP contribution in [0.5, 0.6) is 0 Å². The summed E-state index contributed by atoms with van der Waals surface area (Å²) in [5.41, 5.74) is 30.4. The van der Waals surface area contributed by atoms with E-state index in [1.54, 1.807) is 0 Å². The molecule has 7 heteroatoms. The van der Waals surface area contributed by atoms with Crippen molar-refractivity contribution in [1.82, 2.24) is 0 Å². The van der Waals surface area contributed by atoms with Crippen LogP contribution in [0.25, 0.3) is 54.6 Å². The van der Waals surface area contributed by atoms with Gasteiger partial charge >= 0.3 is 0 Å². The first-order valence-electron chi connectivity index (χ1n) is 36.5. The maximum absolute atomic E-state index is 3.45. The molecule has 0 aromatic heterocycles. The molecule has 17 aromatic rings. The number of anilines is 12. The monoisotopic (exact) mass is 1340 g/mol. The van der Waals surface area contributed by atoms with E-state index < -0.39 is 8.07 Å². The fraction of sp³-hybridized carbons (Fsp3) is 0.0309. The van der Waals surface area contributed by atoms with Crippen molar-refractivity contribution in [3.05, 3.63) is 375 Å². The molecule has 21 rings (SSSR count). The summed E-state index contributed by atoms with van der Waals surface area (Å²) in [5, 5.41) is 13.4. The lowest BCUT2D eigenvalue weighted by molar-refractivity contribution is 1.25. The zero-order chi connectivity index (χ0) is 68.9. The first-order chi connectivity index (χ1) is 51.4. The SMILES string of the molecule is Cc1ccc2c(c1)N(c1ccccc1)c1cc(N(c3ccccc3)c3ccccc3)cc3c1B2c1cc2c(C)cc4c5c(cc6c([Si](c7ccccc7)(c7ccccc7)c7ccccc7)cc-3c1c6c25)B1c2ccc(N(c3ccccc3)c3ccccc3)cc2N(c2ccccc2)c2cc(C)cc-4c21. The fourth-order valence-corrected chi connectivity index (χ4v) is 23.9. The molecule has 4 aliphatic heterocycles. The minimum atomic E-state index is -3.45. The van der Waals surface area contributed by atoms with Gasteiger partial charge in [-0.2, -0.15) is 0 Å². The molecule has 0 bridgehead atoms. The summed E-state index contributed by atoms with van der Waals surface area (Å²) in [4.78, 5) is 10.1.